The van der Waals surface area contributed by atoms with E-state index in [2.05, 4.69) is 18.4 Å². The second-order valence-electron chi connectivity index (χ2n) is 5.40. The summed E-state index contributed by atoms with van der Waals surface area (Å²) in [6.45, 7) is 11.2. The molecule has 17 heavy (non-hydrogen) atoms. The van der Waals surface area contributed by atoms with Gasteiger partial charge in [-0.3, -0.25) is 0 Å². The molecule has 94 valence electrons. The molecule has 1 N–H and O–H groups in total. The number of carbonyl (C=O) groups is 1. The summed E-state index contributed by atoms with van der Waals surface area (Å²) in [5, 5.41) is 9.91. The van der Waals surface area contributed by atoms with Crippen LogP contribution in [-0.2, 0) is 4.74 Å². The van der Waals surface area contributed by atoms with Crippen LogP contribution in [0, 0.1) is 11.8 Å². The maximum atomic E-state index is 11.6. The quantitative estimate of drug-likeness (QED) is 0.650. The monoisotopic (exact) mass is 237 g/mol. The number of carbonyl (C=O) groups excluding carboxylic acids is 1. The molecule has 1 fully saturated rings. The summed E-state index contributed by atoms with van der Waals surface area (Å²) in [6, 6.07) is 0. The molecular weight excluding hydrogens is 218 g/mol. The Morgan fingerprint density at radius 2 is 2.00 bits per heavy atom. The first-order valence-corrected chi connectivity index (χ1v) is 5.50. The number of hydrogen-bond acceptors (Lipinski definition) is 3. The molecule has 0 spiro atoms. The molecule has 0 radical (unpaired) electrons. The van der Waals surface area contributed by atoms with Gasteiger partial charge in [0, 0.05) is 0 Å². The molecule has 0 unspecified atom stereocenters. The summed E-state index contributed by atoms with van der Waals surface area (Å²) in [6.07, 6.45) is -0.417. The Morgan fingerprint density at radius 3 is 2.41 bits per heavy atom. The Hall–Kier alpha value is -1.47. The van der Waals surface area contributed by atoms with E-state index >= 15 is 0 Å². The van der Waals surface area contributed by atoms with Gasteiger partial charge in [-0.05, 0) is 33.3 Å². The highest BCUT2D eigenvalue weighted by Gasteiger charge is 2.44. The van der Waals surface area contributed by atoms with Gasteiger partial charge < -0.3 is 14.7 Å². The van der Waals surface area contributed by atoms with Crippen molar-refractivity contribution in [1.82, 2.24) is 4.90 Å². The number of amides is 1. The number of rotatable bonds is 0. The van der Waals surface area contributed by atoms with Crippen LogP contribution in [-0.4, -0.2) is 40.4 Å². The average molecular weight is 237 g/mol. The van der Waals surface area contributed by atoms with Crippen molar-refractivity contribution in [2.75, 3.05) is 13.1 Å². The molecule has 1 amide bonds. The lowest BCUT2D eigenvalue weighted by Gasteiger charge is -2.43. The summed E-state index contributed by atoms with van der Waals surface area (Å²) >= 11 is 0. The van der Waals surface area contributed by atoms with Gasteiger partial charge in [-0.1, -0.05) is 18.4 Å². The highest BCUT2D eigenvalue weighted by molar-refractivity contribution is 5.70. The molecule has 0 atom stereocenters. The van der Waals surface area contributed by atoms with Crippen molar-refractivity contribution in [2.45, 2.75) is 38.9 Å². The fourth-order valence-corrected chi connectivity index (χ4v) is 1.34. The van der Waals surface area contributed by atoms with Crippen molar-refractivity contribution in [1.29, 1.82) is 0 Å². The van der Waals surface area contributed by atoms with Gasteiger partial charge in [0.25, 0.3) is 0 Å². The minimum Gasteiger partial charge on any atom is -0.444 e. The minimum absolute atomic E-state index is 0.183. The van der Waals surface area contributed by atoms with E-state index in [-0.39, 0.29) is 13.1 Å². The van der Waals surface area contributed by atoms with Crippen LogP contribution in [0.4, 0.5) is 4.79 Å². The lowest BCUT2D eigenvalue weighted by molar-refractivity contribution is -0.0637. The molecule has 1 heterocycles. The van der Waals surface area contributed by atoms with E-state index < -0.39 is 17.3 Å². The maximum absolute atomic E-state index is 11.6. The topological polar surface area (TPSA) is 49.8 Å². The van der Waals surface area contributed by atoms with Crippen molar-refractivity contribution < 1.29 is 14.6 Å². The van der Waals surface area contributed by atoms with Gasteiger partial charge in [-0.25, -0.2) is 4.79 Å². The van der Waals surface area contributed by atoms with Crippen molar-refractivity contribution in [3.63, 3.8) is 0 Å². The first-order chi connectivity index (χ1) is 7.61. The van der Waals surface area contributed by atoms with E-state index in [1.165, 1.54) is 4.90 Å². The van der Waals surface area contributed by atoms with E-state index in [0.29, 0.717) is 5.57 Å². The zero-order valence-electron chi connectivity index (χ0n) is 10.8. The Bertz CT molecular complexity index is 389. The highest BCUT2D eigenvalue weighted by atomic mass is 16.6. The fourth-order valence-electron chi connectivity index (χ4n) is 1.34. The summed E-state index contributed by atoms with van der Waals surface area (Å²) in [7, 11) is 0. The largest absolute Gasteiger partial charge is 0.444 e. The standard InChI is InChI=1S/C13H19NO3/c1-10(2)6-7-13(16)8-14(9-13)11(15)17-12(3,4)5/h16H,1,8-9H2,2-5H3. The molecule has 4 nitrogen and oxygen atoms in total. The smallest absolute Gasteiger partial charge is 0.410 e. The number of ether oxygens (including phenoxy) is 1. The number of hydrogen-bond donors (Lipinski definition) is 1. The molecule has 0 aliphatic carbocycles. The number of β-amino-alcohol motifs (C(OH)–C–C–N with tert-alkyl or cyclic N) is 1. The van der Waals surface area contributed by atoms with E-state index in [1.54, 1.807) is 27.7 Å². The molecule has 1 aliphatic rings. The summed E-state index contributed by atoms with van der Waals surface area (Å²) in [5.74, 6) is 5.42. The third-order valence-corrected chi connectivity index (χ3v) is 2.07. The second-order valence-corrected chi connectivity index (χ2v) is 5.40. The third-order valence-electron chi connectivity index (χ3n) is 2.07. The predicted octanol–water partition coefficient (Wildman–Crippen LogP) is 1.55. The van der Waals surface area contributed by atoms with Crippen LogP contribution >= 0.6 is 0 Å². The summed E-state index contributed by atoms with van der Waals surface area (Å²) in [4.78, 5) is 13.0. The number of allylic oxidation sites excluding steroid dienone is 1. The second kappa shape index (κ2) is 4.42. The molecule has 0 aromatic rings. The van der Waals surface area contributed by atoms with Crippen LogP contribution in [0.25, 0.3) is 0 Å². The summed E-state index contributed by atoms with van der Waals surface area (Å²) < 4.78 is 5.17. The van der Waals surface area contributed by atoms with Crippen LogP contribution in [0.1, 0.15) is 27.7 Å². The molecule has 0 bridgehead atoms. The molecule has 1 rings (SSSR count). The van der Waals surface area contributed by atoms with E-state index in [1.807, 2.05) is 0 Å². The molecule has 0 aromatic carbocycles. The van der Waals surface area contributed by atoms with Gasteiger partial charge in [0.2, 0.25) is 0 Å². The van der Waals surface area contributed by atoms with Crippen LogP contribution < -0.4 is 0 Å². The molecule has 0 aromatic heterocycles. The van der Waals surface area contributed by atoms with Crippen molar-refractivity contribution >= 4 is 6.09 Å². The number of likely N-dealkylation sites (tertiary alicyclic amines) is 1. The summed E-state index contributed by atoms with van der Waals surface area (Å²) in [5.41, 5.74) is -0.946. The van der Waals surface area contributed by atoms with Gasteiger partial charge in [-0.15, -0.1) is 0 Å². The zero-order chi connectivity index (χ0) is 13.3. The lowest BCUT2D eigenvalue weighted by atomic mass is 9.95. The van der Waals surface area contributed by atoms with Crippen LogP contribution in [0.5, 0.6) is 0 Å². The minimum atomic E-state index is -1.12. The Kier molecular flexibility index (Phi) is 3.53. The van der Waals surface area contributed by atoms with Gasteiger partial charge in [0.15, 0.2) is 5.60 Å². The lowest BCUT2D eigenvalue weighted by Crippen LogP contribution is -2.63. The van der Waals surface area contributed by atoms with Gasteiger partial charge >= 0.3 is 6.09 Å². The van der Waals surface area contributed by atoms with Crippen LogP contribution in [0.2, 0.25) is 0 Å². The highest BCUT2D eigenvalue weighted by Crippen LogP contribution is 2.22. The van der Waals surface area contributed by atoms with E-state index in [4.69, 9.17) is 4.74 Å². The van der Waals surface area contributed by atoms with E-state index in [0.717, 1.165) is 0 Å². The number of aliphatic hydroxyl groups is 1. The Labute approximate surface area is 102 Å². The number of nitrogens with zero attached hydrogens (tertiary/aromatic N) is 1. The molecule has 0 saturated carbocycles. The third kappa shape index (κ3) is 4.12. The Balaban J connectivity index is 2.49. The normalized spacial score (nSPS) is 17.6. The van der Waals surface area contributed by atoms with Crippen molar-refractivity contribution in [2.24, 2.45) is 0 Å². The molecular formula is C13H19NO3. The van der Waals surface area contributed by atoms with Gasteiger partial charge in [-0.2, -0.15) is 0 Å². The van der Waals surface area contributed by atoms with Crippen molar-refractivity contribution in [3.8, 4) is 11.8 Å². The first kappa shape index (κ1) is 13.6. The fraction of sp³-hybridized carbons (Fsp3) is 0.615. The van der Waals surface area contributed by atoms with Gasteiger partial charge in [0.05, 0.1) is 13.1 Å². The zero-order valence-corrected chi connectivity index (χ0v) is 10.8. The van der Waals surface area contributed by atoms with Crippen molar-refractivity contribution in [3.05, 3.63) is 12.2 Å². The van der Waals surface area contributed by atoms with Crippen LogP contribution in [0.3, 0.4) is 0 Å². The van der Waals surface area contributed by atoms with E-state index in [9.17, 15) is 9.90 Å². The Morgan fingerprint density at radius 1 is 1.47 bits per heavy atom. The average Bonchev–Trinajstić information content (AvgIpc) is 2.07. The molecule has 1 aliphatic heterocycles. The SMILES string of the molecule is C=C(C)C#CC1(O)CN(C(=O)OC(C)(C)C)C1. The molecule has 1 saturated heterocycles. The molecule has 4 heteroatoms. The predicted molar refractivity (Wildman–Crippen MR) is 65.3 cm³/mol. The maximum Gasteiger partial charge on any atom is 0.410 e. The van der Waals surface area contributed by atoms with Gasteiger partial charge in [0.1, 0.15) is 5.60 Å². The first-order valence-electron chi connectivity index (χ1n) is 5.50. The van der Waals surface area contributed by atoms with Crippen LogP contribution in [0.15, 0.2) is 12.2 Å².